The van der Waals surface area contributed by atoms with Crippen LogP contribution in [0.3, 0.4) is 0 Å². The van der Waals surface area contributed by atoms with E-state index >= 15 is 0 Å². The van der Waals surface area contributed by atoms with Crippen LogP contribution in [0.1, 0.15) is 67.8 Å². The van der Waals surface area contributed by atoms with Crippen LogP contribution in [0.2, 0.25) is 5.02 Å². The minimum absolute atomic E-state index is 0.0190. The van der Waals surface area contributed by atoms with Gasteiger partial charge in [-0.05, 0) is 44.3 Å². The van der Waals surface area contributed by atoms with Crippen molar-refractivity contribution < 1.29 is 34.2 Å². The number of fused-ring (bicyclic) bond motifs is 1. The predicted octanol–water partition coefficient (Wildman–Crippen LogP) is 3.97. The van der Waals surface area contributed by atoms with E-state index in [-0.39, 0.29) is 34.6 Å². The number of piperidine rings is 1. The number of carbonyl (C=O) groups is 3. The minimum Gasteiger partial charge on any atom is -0.507 e. The number of hydroxylamine groups is 1. The highest BCUT2D eigenvalue weighted by Crippen LogP contribution is 2.38. The molecule has 2 aliphatic heterocycles. The summed E-state index contributed by atoms with van der Waals surface area (Å²) in [4.78, 5) is 44.3. The Hall–Kier alpha value is -3.50. The van der Waals surface area contributed by atoms with Gasteiger partial charge in [-0.3, -0.25) is 19.9 Å². The molecule has 1 unspecified atom stereocenters. The van der Waals surface area contributed by atoms with Gasteiger partial charge in [-0.1, -0.05) is 29.8 Å². The van der Waals surface area contributed by atoms with Crippen molar-refractivity contribution in [1.82, 2.24) is 15.7 Å². The first-order valence-corrected chi connectivity index (χ1v) is 13.5. The lowest BCUT2D eigenvalue weighted by Gasteiger charge is -2.26. The van der Waals surface area contributed by atoms with Gasteiger partial charge in [0.1, 0.15) is 23.2 Å². The molecule has 2 amide bonds. The predicted molar refractivity (Wildman–Crippen MR) is 147 cm³/mol. The van der Waals surface area contributed by atoms with Crippen LogP contribution in [0.15, 0.2) is 36.1 Å². The zero-order chi connectivity index (χ0) is 28.2. The van der Waals surface area contributed by atoms with Crippen LogP contribution < -0.4 is 10.8 Å². The highest BCUT2D eigenvalue weighted by atomic mass is 35.5. The van der Waals surface area contributed by atoms with Crippen molar-refractivity contribution >= 4 is 35.5 Å². The third-order valence-electron chi connectivity index (χ3n) is 6.34. The van der Waals surface area contributed by atoms with Gasteiger partial charge in [0, 0.05) is 51.0 Å². The van der Waals surface area contributed by atoms with Gasteiger partial charge in [-0.2, -0.15) is 0 Å². The monoisotopic (exact) mass is 561 g/mol. The molecule has 1 atom stereocenters. The Morgan fingerprint density at radius 3 is 2.62 bits per heavy atom. The second-order valence-electron chi connectivity index (χ2n) is 9.44. The molecule has 1 aromatic carbocycles. The molecule has 2 heterocycles. The fourth-order valence-corrected chi connectivity index (χ4v) is 4.50. The van der Waals surface area contributed by atoms with Gasteiger partial charge in [0.25, 0.3) is 5.91 Å². The molecule has 0 spiro atoms. The summed E-state index contributed by atoms with van der Waals surface area (Å²) in [6.45, 7) is 2.92. The van der Waals surface area contributed by atoms with Crippen LogP contribution in [-0.2, 0) is 19.2 Å². The van der Waals surface area contributed by atoms with Crippen molar-refractivity contribution in [2.24, 2.45) is 0 Å². The maximum Gasteiger partial charge on any atom is 0.342 e. The number of cyclic esters (lactones) is 1. The molecule has 0 aromatic heterocycles. The Morgan fingerprint density at radius 1 is 1.13 bits per heavy atom. The summed E-state index contributed by atoms with van der Waals surface area (Å²) in [7, 11) is 0. The summed E-state index contributed by atoms with van der Waals surface area (Å²) >= 11 is 6.38. The Bertz CT molecular complexity index is 1130. The molecule has 1 saturated heterocycles. The maximum atomic E-state index is 13.3. The zero-order valence-corrected chi connectivity index (χ0v) is 22.8. The fraction of sp³-hybridized carbons (Fsp3) is 0.464. The Morgan fingerprint density at radius 2 is 1.87 bits per heavy atom. The number of nitrogens with one attached hydrogen (secondary N) is 2. The molecule has 4 N–H and O–H groups in total. The van der Waals surface area contributed by atoms with Crippen LogP contribution in [0, 0.1) is 0 Å². The number of amides is 2. The average molecular weight is 562 g/mol. The van der Waals surface area contributed by atoms with Crippen LogP contribution >= 0.6 is 11.6 Å². The van der Waals surface area contributed by atoms with Gasteiger partial charge in [0.2, 0.25) is 5.91 Å². The van der Waals surface area contributed by atoms with Gasteiger partial charge >= 0.3 is 5.97 Å². The van der Waals surface area contributed by atoms with Crippen molar-refractivity contribution in [3.63, 3.8) is 0 Å². The van der Waals surface area contributed by atoms with E-state index in [4.69, 9.17) is 21.2 Å². The number of phenols is 2. The number of likely N-dealkylation sites (tertiary alicyclic amines) is 1. The summed E-state index contributed by atoms with van der Waals surface area (Å²) in [6, 6.07) is 0.975. The Kier molecular flexibility index (Phi) is 11.7. The number of hydrogen-bond donors (Lipinski definition) is 4. The third kappa shape index (κ3) is 9.33. The van der Waals surface area contributed by atoms with E-state index in [1.807, 2.05) is 18.2 Å². The highest BCUT2D eigenvalue weighted by Gasteiger charge is 2.25. The van der Waals surface area contributed by atoms with E-state index in [9.17, 15) is 24.6 Å². The molecule has 1 fully saturated rings. The maximum absolute atomic E-state index is 13.3. The van der Waals surface area contributed by atoms with Crippen molar-refractivity contribution in [2.45, 2.75) is 58.0 Å². The molecule has 0 saturated carbocycles. The fourth-order valence-electron chi connectivity index (χ4n) is 4.30. The molecule has 2 aliphatic rings. The lowest BCUT2D eigenvalue weighted by Crippen LogP contribution is -2.39. The smallest absolute Gasteiger partial charge is 0.342 e. The standard InChI is InChI=1S/C28H36ClN3O7/c1-19(33)30-13-12-21-11-7-4-2-3-6-10-20(31-38-18-25(36)32-14-8-5-9-15-32)16-22-26(28(37)39-21)23(34)17-24(35)27(22)29/h4,6-7,10,16-17,21,31,34-35H,2-3,5,8-9,11-15,18H2,1H3,(H,30,33)/b7-4?,10-6?,20-16-. The molecule has 1 aromatic rings. The first-order valence-electron chi connectivity index (χ1n) is 13.1. The van der Waals surface area contributed by atoms with Gasteiger partial charge in [-0.15, -0.1) is 0 Å². The molecule has 3 rings (SSSR count). The number of rotatable bonds is 7. The number of carbonyl (C=O) groups excluding carboxylic acids is 3. The zero-order valence-electron chi connectivity index (χ0n) is 22.1. The quantitative estimate of drug-likeness (QED) is 0.223. The Balaban J connectivity index is 1.88. The van der Waals surface area contributed by atoms with E-state index in [0.717, 1.165) is 31.7 Å². The van der Waals surface area contributed by atoms with E-state index in [0.29, 0.717) is 44.6 Å². The van der Waals surface area contributed by atoms with Gasteiger partial charge in [0.05, 0.1) is 10.7 Å². The number of benzene rings is 1. The molecular formula is C28H36ClN3O7. The second-order valence-corrected chi connectivity index (χ2v) is 9.81. The number of esters is 1. The molecule has 10 nitrogen and oxygen atoms in total. The molecule has 39 heavy (non-hydrogen) atoms. The SMILES string of the molecule is CC(=O)NCCC1CC=CCCC=C/C(NOCC(=O)N2CCCCC2)=C/c2c(Cl)c(O)cc(O)c2C(=O)O1. The van der Waals surface area contributed by atoms with Gasteiger partial charge in [0.15, 0.2) is 6.61 Å². The largest absolute Gasteiger partial charge is 0.507 e. The van der Waals surface area contributed by atoms with E-state index in [1.54, 1.807) is 11.0 Å². The van der Waals surface area contributed by atoms with Gasteiger partial charge in [-0.25, -0.2) is 4.79 Å². The summed E-state index contributed by atoms with van der Waals surface area (Å²) in [5.74, 6) is -2.11. The molecule has 0 radical (unpaired) electrons. The number of aromatic hydroxyl groups is 2. The van der Waals surface area contributed by atoms with Crippen molar-refractivity contribution in [3.8, 4) is 11.5 Å². The first kappa shape index (κ1) is 30.0. The average Bonchev–Trinajstić information content (AvgIpc) is 2.90. The van der Waals surface area contributed by atoms with Crippen LogP contribution in [0.5, 0.6) is 11.5 Å². The summed E-state index contributed by atoms with van der Waals surface area (Å²) < 4.78 is 5.70. The number of nitrogens with zero attached hydrogens (tertiary/aromatic N) is 1. The van der Waals surface area contributed by atoms with Gasteiger partial charge < -0.3 is 25.2 Å². The van der Waals surface area contributed by atoms with Crippen LogP contribution in [0.25, 0.3) is 6.08 Å². The lowest BCUT2D eigenvalue weighted by molar-refractivity contribution is -0.139. The van der Waals surface area contributed by atoms with Crippen molar-refractivity contribution in [3.05, 3.63) is 52.2 Å². The third-order valence-corrected chi connectivity index (χ3v) is 6.73. The molecule has 0 aliphatic carbocycles. The molecule has 0 bridgehead atoms. The lowest BCUT2D eigenvalue weighted by atomic mass is 10.0. The highest BCUT2D eigenvalue weighted by molar-refractivity contribution is 6.34. The topological polar surface area (TPSA) is 137 Å². The summed E-state index contributed by atoms with van der Waals surface area (Å²) in [6.07, 6.45) is 13.5. The van der Waals surface area contributed by atoms with E-state index in [2.05, 4.69) is 10.8 Å². The van der Waals surface area contributed by atoms with E-state index in [1.165, 1.54) is 13.0 Å². The normalized spacial score (nSPS) is 19.7. The molecule has 212 valence electrons. The van der Waals surface area contributed by atoms with Crippen molar-refractivity contribution in [2.75, 3.05) is 26.2 Å². The van der Waals surface area contributed by atoms with Crippen molar-refractivity contribution in [1.29, 1.82) is 0 Å². The minimum atomic E-state index is -0.844. The number of allylic oxidation sites excluding steroid dienone is 3. The number of ether oxygens (including phenoxy) is 1. The van der Waals surface area contributed by atoms with Crippen LogP contribution in [0.4, 0.5) is 0 Å². The summed E-state index contributed by atoms with van der Waals surface area (Å²) in [5.41, 5.74) is 2.86. The van der Waals surface area contributed by atoms with E-state index < -0.39 is 23.6 Å². The van der Waals surface area contributed by atoms with Crippen LogP contribution in [-0.4, -0.2) is 65.2 Å². The molecular weight excluding hydrogens is 526 g/mol. The number of phenolic OH excluding ortho intramolecular Hbond substituents is 2. The summed E-state index contributed by atoms with van der Waals surface area (Å²) in [5, 5.41) is 23.4. The number of hydrogen-bond acceptors (Lipinski definition) is 8. The molecule has 11 heteroatoms. The Labute approximate surface area is 233 Å². The number of halogens is 1. The second kappa shape index (κ2) is 15.2. The first-order chi connectivity index (χ1) is 18.8.